The zero-order chi connectivity index (χ0) is 21.4. The van der Waals surface area contributed by atoms with Crippen molar-refractivity contribution in [1.29, 1.82) is 0 Å². The number of aryl methyl sites for hydroxylation is 1. The lowest BCUT2D eigenvalue weighted by molar-refractivity contribution is -0.111. The largest absolute Gasteiger partial charge is 0.437 e. The molecule has 4 heterocycles. The van der Waals surface area contributed by atoms with Crippen LogP contribution in [-0.4, -0.2) is 25.8 Å². The first-order valence-corrected chi connectivity index (χ1v) is 10.3. The molecule has 5 rings (SSSR count). The molecule has 8 heteroatoms. The maximum absolute atomic E-state index is 11.5. The Bertz CT molecular complexity index is 1450. The smallest absolute Gasteiger partial charge is 0.247 e. The Balaban J connectivity index is 1.48. The number of aromatic amines is 1. The monoisotopic (exact) mass is 427 g/mol. The topological polar surface area (TPSA) is 92.8 Å². The van der Waals surface area contributed by atoms with Gasteiger partial charge in [-0.1, -0.05) is 12.6 Å². The fourth-order valence-electron chi connectivity index (χ4n) is 3.28. The summed E-state index contributed by atoms with van der Waals surface area (Å²) < 4.78 is 7.03. The number of pyridine rings is 1. The molecule has 152 valence electrons. The second-order valence-corrected chi connectivity index (χ2v) is 8.18. The van der Waals surface area contributed by atoms with Gasteiger partial charge in [0.2, 0.25) is 11.8 Å². The number of hydrogen-bond acceptors (Lipinski definition) is 6. The summed E-state index contributed by atoms with van der Waals surface area (Å²) in [4.78, 5) is 29.6. The molecule has 7 nitrogen and oxygen atoms in total. The number of benzene rings is 1. The highest BCUT2D eigenvalue weighted by atomic mass is 32.1. The number of carbonyl (C=O) groups excluding carboxylic acids is 1. The Morgan fingerprint density at radius 2 is 2.13 bits per heavy atom. The van der Waals surface area contributed by atoms with E-state index in [2.05, 4.69) is 50.9 Å². The van der Waals surface area contributed by atoms with Crippen LogP contribution >= 0.6 is 11.3 Å². The maximum Gasteiger partial charge on any atom is 0.247 e. The van der Waals surface area contributed by atoms with Crippen molar-refractivity contribution in [1.82, 2.24) is 19.9 Å². The summed E-state index contributed by atoms with van der Waals surface area (Å²) in [6.45, 7) is 5.53. The lowest BCUT2D eigenvalue weighted by Crippen LogP contribution is -2.07. The second kappa shape index (κ2) is 7.66. The average molecular weight is 427 g/mol. The molecule has 0 atom stereocenters. The first-order valence-electron chi connectivity index (χ1n) is 9.51. The molecule has 31 heavy (non-hydrogen) atoms. The molecule has 1 aromatic carbocycles. The molecule has 1 amide bonds. The number of nitrogens with one attached hydrogen (secondary N) is 2. The van der Waals surface area contributed by atoms with E-state index in [1.807, 2.05) is 12.4 Å². The summed E-state index contributed by atoms with van der Waals surface area (Å²) in [6, 6.07) is 11.2. The zero-order valence-corrected chi connectivity index (χ0v) is 17.4. The number of nitrogens with zero attached hydrogens (tertiary/aromatic N) is 3. The van der Waals surface area contributed by atoms with Crippen molar-refractivity contribution in [3.8, 4) is 22.8 Å². The van der Waals surface area contributed by atoms with E-state index in [4.69, 9.17) is 4.74 Å². The normalized spacial score (nSPS) is 11.0. The molecular weight excluding hydrogens is 410 g/mol. The Hall–Kier alpha value is -4.04. The number of rotatable bonds is 5. The van der Waals surface area contributed by atoms with Crippen molar-refractivity contribution in [3.63, 3.8) is 0 Å². The van der Waals surface area contributed by atoms with E-state index >= 15 is 0 Å². The third-order valence-electron chi connectivity index (χ3n) is 4.67. The Kier molecular flexibility index (Phi) is 4.68. The summed E-state index contributed by atoms with van der Waals surface area (Å²) in [5, 5.41) is 2.71. The van der Waals surface area contributed by atoms with E-state index in [1.54, 1.807) is 41.8 Å². The minimum absolute atomic E-state index is 0.290. The second-order valence-electron chi connectivity index (χ2n) is 6.90. The highest BCUT2D eigenvalue weighted by molar-refractivity contribution is 7.18. The fourth-order valence-corrected chi connectivity index (χ4v) is 4.20. The van der Waals surface area contributed by atoms with Crippen LogP contribution in [0, 0.1) is 6.92 Å². The predicted octanol–water partition coefficient (Wildman–Crippen LogP) is 5.46. The van der Waals surface area contributed by atoms with Crippen LogP contribution in [0.3, 0.4) is 0 Å². The van der Waals surface area contributed by atoms with Crippen LogP contribution in [0.4, 0.5) is 5.69 Å². The van der Waals surface area contributed by atoms with E-state index < -0.39 is 0 Å². The van der Waals surface area contributed by atoms with Crippen molar-refractivity contribution in [2.75, 3.05) is 5.32 Å². The third-order valence-corrected chi connectivity index (χ3v) is 5.66. The van der Waals surface area contributed by atoms with Gasteiger partial charge in [0.15, 0.2) is 5.65 Å². The minimum Gasteiger partial charge on any atom is -0.437 e. The highest BCUT2D eigenvalue weighted by Crippen LogP contribution is 2.32. The number of fused-ring (bicyclic) bond motifs is 2. The average Bonchev–Trinajstić information content (AvgIpc) is 3.35. The molecule has 0 aliphatic heterocycles. The van der Waals surface area contributed by atoms with Gasteiger partial charge in [-0.3, -0.25) is 9.78 Å². The highest BCUT2D eigenvalue weighted by Gasteiger charge is 2.13. The van der Waals surface area contributed by atoms with Gasteiger partial charge in [-0.15, -0.1) is 11.3 Å². The van der Waals surface area contributed by atoms with E-state index in [9.17, 15) is 4.79 Å². The molecule has 0 saturated heterocycles. The fraction of sp³-hybridized carbons (Fsp3) is 0.0435. The number of anilines is 1. The van der Waals surface area contributed by atoms with Crippen LogP contribution in [-0.2, 0) is 4.79 Å². The molecular formula is C23H17N5O2S. The quantitative estimate of drug-likeness (QED) is 0.363. The van der Waals surface area contributed by atoms with Gasteiger partial charge in [0.25, 0.3) is 0 Å². The number of amides is 1. The van der Waals surface area contributed by atoms with Gasteiger partial charge in [-0.2, -0.15) is 0 Å². The van der Waals surface area contributed by atoms with E-state index in [1.165, 1.54) is 11.0 Å². The molecule has 0 fully saturated rings. The molecule has 4 aromatic heterocycles. The molecule has 0 spiro atoms. The third kappa shape index (κ3) is 3.76. The van der Waals surface area contributed by atoms with Crippen LogP contribution in [0.2, 0.25) is 0 Å². The predicted molar refractivity (Wildman–Crippen MR) is 123 cm³/mol. The van der Waals surface area contributed by atoms with Gasteiger partial charge >= 0.3 is 0 Å². The van der Waals surface area contributed by atoms with Gasteiger partial charge in [-0.05, 0) is 37.3 Å². The summed E-state index contributed by atoms with van der Waals surface area (Å²) in [5.74, 6) is 0.591. The maximum atomic E-state index is 11.5. The van der Waals surface area contributed by atoms with Crippen LogP contribution in [0.15, 0.2) is 67.6 Å². The molecule has 0 bridgehead atoms. The Labute approximate surface area is 181 Å². The summed E-state index contributed by atoms with van der Waals surface area (Å²) in [7, 11) is 0. The SMILES string of the molecule is C=CC(=O)Nc1cccc(Oc2cnc3[nH]cc(-c4cnc5cc(C)sc5c4)c3n2)c1. The van der Waals surface area contributed by atoms with E-state index in [0.717, 1.165) is 21.3 Å². The zero-order valence-electron chi connectivity index (χ0n) is 16.5. The molecule has 0 aliphatic carbocycles. The molecule has 0 radical (unpaired) electrons. The Morgan fingerprint density at radius 3 is 3.00 bits per heavy atom. The standard InChI is InChI=1S/C23H17N5O2S/c1-3-20(29)27-15-5-4-6-16(9-15)30-21-12-26-23-22(28-21)17(11-25-23)14-8-19-18(24-10-14)7-13(2)31-19/h3-12H,1H2,2H3,(H,25,26)(H,27,29). The molecule has 0 saturated carbocycles. The number of thiophene rings is 1. The van der Waals surface area contributed by atoms with Crippen molar-refractivity contribution in [2.45, 2.75) is 6.92 Å². The van der Waals surface area contributed by atoms with Crippen molar-refractivity contribution >= 4 is 44.3 Å². The Morgan fingerprint density at radius 1 is 1.23 bits per heavy atom. The van der Waals surface area contributed by atoms with Crippen LogP contribution in [0.5, 0.6) is 11.6 Å². The van der Waals surface area contributed by atoms with Gasteiger partial charge in [0.1, 0.15) is 11.3 Å². The number of aromatic nitrogens is 4. The molecule has 0 aliphatic rings. The lowest BCUT2D eigenvalue weighted by Gasteiger charge is -2.07. The van der Waals surface area contributed by atoms with Gasteiger partial charge in [0.05, 0.1) is 16.4 Å². The van der Waals surface area contributed by atoms with Crippen LogP contribution < -0.4 is 10.1 Å². The number of hydrogen-bond donors (Lipinski definition) is 2. The van der Waals surface area contributed by atoms with Gasteiger partial charge in [0, 0.05) is 40.2 Å². The number of H-pyrrole nitrogens is 1. The summed E-state index contributed by atoms with van der Waals surface area (Å²) in [5.41, 5.74) is 4.82. The van der Waals surface area contributed by atoms with Crippen molar-refractivity contribution in [3.05, 3.63) is 72.5 Å². The van der Waals surface area contributed by atoms with E-state index in [0.29, 0.717) is 28.5 Å². The number of carbonyl (C=O) groups is 1. The van der Waals surface area contributed by atoms with Gasteiger partial charge < -0.3 is 15.0 Å². The van der Waals surface area contributed by atoms with Crippen molar-refractivity contribution in [2.24, 2.45) is 0 Å². The van der Waals surface area contributed by atoms with E-state index in [-0.39, 0.29) is 5.91 Å². The first-order chi connectivity index (χ1) is 15.1. The van der Waals surface area contributed by atoms with Crippen LogP contribution in [0.25, 0.3) is 32.5 Å². The molecule has 5 aromatic rings. The first kappa shape index (κ1) is 19.0. The minimum atomic E-state index is -0.290. The van der Waals surface area contributed by atoms with Crippen LogP contribution in [0.1, 0.15) is 4.88 Å². The van der Waals surface area contributed by atoms with Gasteiger partial charge in [-0.25, -0.2) is 9.97 Å². The lowest BCUT2D eigenvalue weighted by atomic mass is 10.1. The van der Waals surface area contributed by atoms with Crippen molar-refractivity contribution < 1.29 is 9.53 Å². The number of ether oxygens (including phenoxy) is 1. The summed E-state index contributed by atoms with van der Waals surface area (Å²) >= 11 is 1.71. The molecule has 2 N–H and O–H groups in total. The molecule has 0 unspecified atom stereocenters. The summed E-state index contributed by atoms with van der Waals surface area (Å²) in [6.07, 6.45) is 6.49.